The molecule has 16 heavy (non-hydrogen) atoms. The van der Waals surface area contributed by atoms with E-state index < -0.39 is 5.54 Å². The molecule has 0 saturated heterocycles. The summed E-state index contributed by atoms with van der Waals surface area (Å²) in [4.78, 5) is 0. The zero-order valence-electron chi connectivity index (χ0n) is 9.47. The fraction of sp³-hybridized carbons (Fsp3) is 0.538. The molecule has 2 N–H and O–H groups in total. The van der Waals surface area contributed by atoms with Crippen molar-refractivity contribution in [1.82, 2.24) is 0 Å². The average Bonchev–Trinajstić information content (AvgIpc) is 2.21. The van der Waals surface area contributed by atoms with E-state index in [0.29, 0.717) is 10.9 Å². The lowest BCUT2D eigenvalue weighted by molar-refractivity contribution is 0.239. The number of hydrogen-bond acceptors (Lipinski definition) is 1. The molecule has 1 fully saturated rings. The molecule has 0 radical (unpaired) electrons. The van der Waals surface area contributed by atoms with Gasteiger partial charge in [-0.1, -0.05) is 31.4 Å². The van der Waals surface area contributed by atoms with Crippen LogP contribution in [0.5, 0.6) is 0 Å². The highest BCUT2D eigenvalue weighted by molar-refractivity contribution is 6.31. The fourth-order valence-corrected chi connectivity index (χ4v) is 3.02. The van der Waals surface area contributed by atoms with Gasteiger partial charge in [-0.15, -0.1) is 0 Å². The maximum atomic E-state index is 13.3. The van der Waals surface area contributed by atoms with E-state index in [9.17, 15) is 4.39 Å². The van der Waals surface area contributed by atoms with Crippen LogP contribution in [0.3, 0.4) is 0 Å². The molecule has 0 bridgehead atoms. The standard InChI is InChI=1S/C13H17ClFN/c1-9-3-2-6-13(16,8-9)11-7-10(15)4-5-12(11)14/h4-5,7,9H,2-3,6,8,16H2,1H3. The van der Waals surface area contributed by atoms with Crippen molar-refractivity contribution in [2.75, 3.05) is 0 Å². The Morgan fingerprint density at radius 3 is 2.94 bits per heavy atom. The number of benzene rings is 1. The number of hydrogen-bond donors (Lipinski definition) is 1. The summed E-state index contributed by atoms with van der Waals surface area (Å²) in [6.45, 7) is 2.19. The molecule has 3 heteroatoms. The van der Waals surface area contributed by atoms with E-state index in [1.54, 1.807) is 6.07 Å². The van der Waals surface area contributed by atoms with Gasteiger partial charge in [0.25, 0.3) is 0 Å². The summed E-state index contributed by atoms with van der Waals surface area (Å²) in [5.41, 5.74) is 6.71. The molecule has 1 saturated carbocycles. The van der Waals surface area contributed by atoms with Crippen LogP contribution in [0.1, 0.15) is 38.2 Å². The summed E-state index contributed by atoms with van der Waals surface area (Å²) in [5, 5.41) is 0.581. The van der Waals surface area contributed by atoms with Gasteiger partial charge in [0, 0.05) is 10.6 Å². The van der Waals surface area contributed by atoms with Crippen molar-refractivity contribution in [3.63, 3.8) is 0 Å². The molecule has 0 aliphatic heterocycles. The van der Waals surface area contributed by atoms with Crippen molar-refractivity contribution < 1.29 is 4.39 Å². The van der Waals surface area contributed by atoms with Crippen molar-refractivity contribution in [3.05, 3.63) is 34.6 Å². The Bertz CT molecular complexity index is 394. The summed E-state index contributed by atoms with van der Waals surface area (Å²) < 4.78 is 13.3. The second-order valence-corrected chi connectivity index (χ2v) is 5.39. The van der Waals surface area contributed by atoms with E-state index in [1.165, 1.54) is 18.6 Å². The number of nitrogens with two attached hydrogens (primary N) is 1. The van der Waals surface area contributed by atoms with Crippen LogP contribution in [0.4, 0.5) is 4.39 Å². The van der Waals surface area contributed by atoms with Crippen LogP contribution >= 0.6 is 11.6 Å². The SMILES string of the molecule is CC1CCCC(N)(c2cc(F)ccc2Cl)C1. The van der Waals surface area contributed by atoms with Gasteiger partial charge in [0.15, 0.2) is 0 Å². The first kappa shape index (κ1) is 11.9. The second-order valence-electron chi connectivity index (χ2n) is 4.98. The van der Waals surface area contributed by atoms with Gasteiger partial charge in [0.05, 0.1) is 0 Å². The molecule has 2 unspecified atom stereocenters. The second kappa shape index (κ2) is 4.34. The highest BCUT2D eigenvalue weighted by Gasteiger charge is 2.34. The van der Waals surface area contributed by atoms with E-state index in [4.69, 9.17) is 17.3 Å². The van der Waals surface area contributed by atoms with Crippen molar-refractivity contribution in [2.45, 2.75) is 38.1 Å². The molecule has 2 atom stereocenters. The van der Waals surface area contributed by atoms with Gasteiger partial charge in [-0.25, -0.2) is 4.39 Å². The van der Waals surface area contributed by atoms with Gasteiger partial charge < -0.3 is 5.73 Å². The maximum absolute atomic E-state index is 13.3. The molecule has 0 amide bonds. The number of halogens is 2. The predicted molar refractivity (Wildman–Crippen MR) is 64.9 cm³/mol. The van der Waals surface area contributed by atoms with Crippen molar-refractivity contribution >= 4 is 11.6 Å². The van der Waals surface area contributed by atoms with Crippen LogP contribution in [-0.4, -0.2) is 0 Å². The van der Waals surface area contributed by atoms with Crippen LogP contribution in [0, 0.1) is 11.7 Å². The lowest BCUT2D eigenvalue weighted by Gasteiger charge is -2.37. The van der Waals surface area contributed by atoms with Gasteiger partial charge in [-0.2, -0.15) is 0 Å². The molecule has 1 aliphatic rings. The molecule has 2 rings (SSSR count). The first-order valence-electron chi connectivity index (χ1n) is 5.76. The summed E-state index contributed by atoms with van der Waals surface area (Å²) in [6, 6.07) is 4.46. The minimum absolute atomic E-state index is 0.262. The zero-order chi connectivity index (χ0) is 11.8. The van der Waals surface area contributed by atoms with E-state index >= 15 is 0 Å². The molecule has 1 nitrogen and oxygen atoms in total. The highest BCUT2D eigenvalue weighted by Crippen LogP contribution is 2.40. The van der Waals surface area contributed by atoms with E-state index in [-0.39, 0.29) is 5.82 Å². The highest BCUT2D eigenvalue weighted by atomic mass is 35.5. The van der Waals surface area contributed by atoms with Gasteiger partial charge in [0.2, 0.25) is 0 Å². The maximum Gasteiger partial charge on any atom is 0.123 e. The monoisotopic (exact) mass is 241 g/mol. The fourth-order valence-electron chi connectivity index (χ4n) is 2.72. The predicted octanol–water partition coefficient (Wildman–Crippen LogP) is 3.84. The topological polar surface area (TPSA) is 26.0 Å². The molecule has 0 heterocycles. The zero-order valence-corrected chi connectivity index (χ0v) is 10.2. The Morgan fingerprint density at radius 2 is 2.25 bits per heavy atom. The first-order chi connectivity index (χ1) is 7.51. The van der Waals surface area contributed by atoms with Gasteiger partial charge in [0.1, 0.15) is 5.82 Å². The third-order valence-electron chi connectivity index (χ3n) is 3.50. The Balaban J connectivity index is 2.37. The van der Waals surface area contributed by atoms with E-state index in [0.717, 1.165) is 24.8 Å². The summed E-state index contributed by atoms with van der Waals surface area (Å²) >= 11 is 6.12. The largest absolute Gasteiger partial charge is 0.321 e. The van der Waals surface area contributed by atoms with Crippen LogP contribution in [-0.2, 0) is 5.54 Å². The smallest absolute Gasteiger partial charge is 0.123 e. The van der Waals surface area contributed by atoms with Crippen LogP contribution in [0.25, 0.3) is 0 Å². The Morgan fingerprint density at radius 1 is 1.50 bits per heavy atom. The molecule has 1 aliphatic carbocycles. The van der Waals surface area contributed by atoms with Crippen LogP contribution in [0.2, 0.25) is 5.02 Å². The third kappa shape index (κ3) is 2.23. The van der Waals surface area contributed by atoms with Crippen LogP contribution in [0.15, 0.2) is 18.2 Å². The van der Waals surface area contributed by atoms with E-state index in [2.05, 4.69) is 6.92 Å². The van der Waals surface area contributed by atoms with Crippen molar-refractivity contribution in [3.8, 4) is 0 Å². The minimum Gasteiger partial charge on any atom is -0.321 e. The summed E-state index contributed by atoms with van der Waals surface area (Å²) in [7, 11) is 0. The summed E-state index contributed by atoms with van der Waals surface area (Å²) in [6.07, 6.45) is 4.06. The lowest BCUT2D eigenvalue weighted by Crippen LogP contribution is -2.41. The number of rotatable bonds is 1. The normalized spacial score (nSPS) is 30.4. The minimum atomic E-state index is -0.448. The quantitative estimate of drug-likeness (QED) is 0.794. The van der Waals surface area contributed by atoms with Crippen molar-refractivity contribution in [2.24, 2.45) is 11.7 Å². The third-order valence-corrected chi connectivity index (χ3v) is 3.83. The van der Waals surface area contributed by atoms with E-state index in [1.807, 2.05) is 0 Å². The first-order valence-corrected chi connectivity index (χ1v) is 6.13. The molecular weight excluding hydrogens is 225 g/mol. The Labute approximate surface area is 101 Å². The summed E-state index contributed by atoms with van der Waals surface area (Å²) in [5.74, 6) is 0.320. The van der Waals surface area contributed by atoms with Crippen molar-refractivity contribution in [1.29, 1.82) is 0 Å². The van der Waals surface area contributed by atoms with Gasteiger partial charge in [-0.3, -0.25) is 0 Å². The molecule has 0 spiro atoms. The molecular formula is C13H17ClFN. The molecule has 0 aromatic heterocycles. The lowest BCUT2D eigenvalue weighted by atomic mass is 9.73. The molecule has 1 aromatic rings. The van der Waals surface area contributed by atoms with Crippen LogP contribution < -0.4 is 5.73 Å². The molecule has 1 aromatic carbocycles. The Hall–Kier alpha value is -0.600. The van der Waals surface area contributed by atoms with Gasteiger partial charge in [-0.05, 0) is 42.5 Å². The van der Waals surface area contributed by atoms with Gasteiger partial charge >= 0.3 is 0 Å². The average molecular weight is 242 g/mol. The molecule has 88 valence electrons. The Kier molecular flexibility index (Phi) is 3.22.